The molecule has 0 amide bonds. The second-order valence-corrected chi connectivity index (χ2v) is 6.91. The fraction of sp³-hybridized carbons (Fsp3) is 0.182. The molecule has 0 aromatic heterocycles. The summed E-state index contributed by atoms with van der Waals surface area (Å²) in [6, 6.07) is 14.2. The summed E-state index contributed by atoms with van der Waals surface area (Å²) in [5.74, 6) is 0. The van der Waals surface area contributed by atoms with E-state index in [1.165, 1.54) is 65.3 Å². The quantitative estimate of drug-likeness (QED) is 0.308. The molecule has 0 N–H and O–H groups in total. The standard InChI is InChI=1S/C22H18/c1-11-5-15-16(6-12(11)2)20-10-22-18-8-14(4)13(3)7-17(18)21(22)9-19(15)20/h5-10H,1-4H3. The lowest BCUT2D eigenvalue weighted by Gasteiger charge is -2.20. The first kappa shape index (κ1) is 12.2. The van der Waals surface area contributed by atoms with Gasteiger partial charge in [0.2, 0.25) is 0 Å². The van der Waals surface area contributed by atoms with Gasteiger partial charge in [0.05, 0.1) is 0 Å². The normalized spacial score (nSPS) is 12.5. The average molecular weight is 282 g/mol. The first-order chi connectivity index (χ1) is 10.5. The van der Waals surface area contributed by atoms with Crippen molar-refractivity contribution in [2.24, 2.45) is 0 Å². The molecule has 5 rings (SSSR count). The molecule has 0 saturated carbocycles. The Hall–Kier alpha value is -2.34. The van der Waals surface area contributed by atoms with Crippen LogP contribution < -0.4 is 0 Å². The maximum absolute atomic E-state index is 2.40. The van der Waals surface area contributed by atoms with Crippen LogP contribution in [0.2, 0.25) is 0 Å². The average Bonchev–Trinajstić information content (AvgIpc) is 2.50. The first-order valence-electron chi connectivity index (χ1n) is 7.96. The molecule has 5 aromatic carbocycles. The van der Waals surface area contributed by atoms with Crippen LogP contribution in [0.25, 0.3) is 43.1 Å². The van der Waals surface area contributed by atoms with Crippen molar-refractivity contribution < 1.29 is 0 Å². The third kappa shape index (κ3) is 1.29. The van der Waals surface area contributed by atoms with Crippen molar-refractivity contribution >= 4 is 43.1 Å². The maximum Gasteiger partial charge on any atom is -0.00922 e. The maximum atomic E-state index is 2.40. The zero-order valence-electron chi connectivity index (χ0n) is 13.5. The molecule has 22 heavy (non-hydrogen) atoms. The molecule has 0 radical (unpaired) electrons. The van der Waals surface area contributed by atoms with Crippen molar-refractivity contribution in [1.29, 1.82) is 0 Å². The molecule has 0 heteroatoms. The Bertz CT molecular complexity index is 1000. The molecule has 0 fully saturated rings. The molecule has 5 aromatic rings. The number of benzene rings is 3. The number of fused-ring (bicyclic) bond motifs is 8. The van der Waals surface area contributed by atoms with Gasteiger partial charge in [-0.1, -0.05) is 24.3 Å². The van der Waals surface area contributed by atoms with E-state index in [9.17, 15) is 0 Å². The zero-order chi connectivity index (χ0) is 15.2. The van der Waals surface area contributed by atoms with Crippen LogP contribution in [0.15, 0.2) is 36.4 Å². The van der Waals surface area contributed by atoms with E-state index in [0.717, 1.165) is 0 Å². The molecule has 0 unspecified atom stereocenters. The van der Waals surface area contributed by atoms with Gasteiger partial charge in [-0.3, -0.25) is 0 Å². The highest BCUT2D eigenvalue weighted by Crippen LogP contribution is 2.44. The molecule has 0 saturated heterocycles. The van der Waals surface area contributed by atoms with Crippen LogP contribution in [0.1, 0.15) is 22.3 Å². The Kier molecular flexibility index (Phi) is 2.06. The van der Waals surface area contributed by atoms with Crippen molar-refractivity contribution in [2.75, 3.05) is 0 Å². The highest BCUT2D eigenvalue weighted by molar-refractivity contribution is 6.35. The number of rotatable bonds is 0. The highest BCUT2D eigenvalue weighted by atomic mass is 14.2. The Morgan fingerprint density at radius 3 is 0.727 bits per heavy atom. The summed E-state index contributed by atoms with van der Waals surface area (Å²) in [5.41, 5.74) is 5.55. The number of hydrogen-bond donors (Lipinski definition) is 0. The Labute approximate surface area is 130 Å². The highest BCUT2D eigenvalue weighted by Gasteiger charge is 2.17. The van der Waals surface area contributed by atoms with Crippen LogP contribution in [0.3, 0.4) is 0 Å². The third-order valence-electron chi connectivity index (χ3n) is 5.59. The van der Waals surface area contributed by atoms with Gasteiger partial charge < -0.3 is 0 Å². The van der Waals surface area contributed by atoms with Gasteiger partial charge in [-0.05, 0) is 105 Å². The summed E-state index contributed by atoms with van der Waals surface area (Å²) >= 11 is 0. The van der Waals surface area contributed by atoms with Gasteiger partial charge in [0.1, 0.15) is 0 Å². The smallest absolute Gasteiger partial charge is 0.00922 e. The van der Waals surface area contributed by atoms with Gasteiger partial charge in [0.15, 0.2) is 0 Å². The van der Waals surface area contributed by atoms with Gasteiger partial charge in [0.25, 0.3) is 0 Å². The molecule has 106 valence electrons. The molecular formula is C22H18. The third-order valence-corrected chi connectivity index (χ3v) is 5.59. The van der Waals surface area contributed by atoms with E-state index in [4.69, 9.17) is 0 Å². The minimum Gasteiger partial charge on any atom is -0.0505 e. The van der Waals surface area contributed by atoms with Crippen LogP contribution in [-0.2, 0) is 0 Å². The predicted octanol–water partition coefficient (Wildman–Crippen LogP) is 6.41. The van der Waals surface area contributed by atoms with E-state index in [0.29, 0.717) is 0 Å². The second-order valence-electron chi connectivity index (χ2n) is 6.91. The molecule has 0 atom stereocenters. The fourth-order valence-corrected chi connectivity index (χ4v) is 3.89. The van der Waals surface area contributed by atoms with Crippen molar-refractivity contribution in [3.05, 3.63) is 58.7 Å². The largest absolute Gasteiger partial charge is 0.0505 e. The van der Waals surface area contributed by atoms with Crippen molar-refractivity contribution in [2.45, 2.75) is 27.7 Å². The monoisotopic (exact) mass is 282 g/mol. The van der Waals surface area contributed by atoms with Gasteiger partial charge in [-0.25, -0.2) is 0 Å². The Balaban J connectivity index is 1.92. The van der Waals surface area contributed by atoms with Crippen LogP contribution in [0.5, 0.6) is 0 Å². The van der Waals surface area contributed by atoms with Gasteiger partial charge in [-0.15, -0.1) is 0 Å². The van der Waals surface area contributed by atoms with Crippen LogP contribution >= 0.6 is 0 Å². The lowest BCUT2D eigenvalue weighted by atomic mass is 9.84. The topological polar surface area (TPSA) is 0 Å². The summed E-state index contributed by atoms with van der Waals surface area (Å²) in [6.07, 6.45) is 0. The zero-order valence-corrected chi connectivity index (χ0v) is 13.5. The second kappa shape index (κ2) is 3.70. The van der Waals surface area contributed by atoms with Gasteiger partial charge in [0, 0.05) is 0 Å². The minimum absolute atomic E-state index is 1.39. The summed E-state index contributed by atoms with van der Waals surface area (Å²) in [4.78, 5) is 0. The molecule has 0 aliphatic carbocycles. The summed E-state index contributed by atoms with van der Waals surface area (Å²) < 4.78 is 0. The van der Waals surface area contributed by atoms with Crippen molar-refractivity contribution in [3.63, 3.8) is 0 Å². The van der Waals surface area contributed by atoms with Gasteiger partial charge >= 0.3 is 0 Å². The van der Waals surface area contributed by atoms with Crippen LogP contribution in [0, 0.1) is 27.7 Å². The Morgan fingerprint density at radius 1 is 0.318 bits per heavy atom. The molecule has 0 aliphatic heterocycles. The molecule has 0 bridgehead atoms. The van der Waals surface area contributed by atoms with Gasteiger partial charge in [-0.2, -0.15) is 0 Å². The molecule has 0 heterocycles. The minimum atomic E-state index is 1.39. The van der Waals surface area contributed by atoms with E-state index >= 15 is 0 Å². The first-order valence-corrected chi connectivity index (χ1v) is 7.96. The lowest BCUT2D eigenvalue weighted by Crippen LogP contribution is -1.93. The molecule has 0 aliphatic rings. The molecule has 0 nitrogen and oxygen atoms in total. The van der Waals surface area contributed by atoms with E-state index in [1.807, 2.05) is 0 Å². The SMILES string of the molecule is Cc1cc2c(cc1C)c1cc3c4cc(C)c(C)cc4c3cc21. The van der Waals surface area contributed by atoms with Crippen molar-refractivity contribution in [1.82, 2.24) is 0 Å². The van der Waals surface area contributed by atoms with E-state index in [1.54, 1.807) is 0 Å². The van der Waals surface area contributed by atoms with Crippen LogP contribution in [0.4, 0.5) is 0 Å². The van der Waals surface area contributed by atoms with E-state index in [-0.39, 0.29) is 0 Å². The number of hydrogen-bond acceptors (Lipinski definition) is 0. The summed E-state index contributed by atoms with van der Waals surface area (Å²) in [7, 11) is 0. The van der Waals surface area contributed by atoms with Crippen molar-refractivity contribution in [3.8, 4) is 0 Å². The molecular weight excluding hydrogens is 264 g/mol. The predicted molar refractivity (Wildman–Crippen MR) is 97.8 cm³/mol. The number of aryl methyl sites for hydroxylation is 4. The molecule has 0 spiro atoms. The Morgan fingerprint density at radius 2 is 0.500 bits per heavy atom. The summed E-state index contributed by atoms with van der Waals surface area (Å²) in [6.45, 7) is 8.82. The lowest BCUT2D eigenvalue weighted by molar-refractivity contribution is 1.37. The van der Waals surface area contributed by atoms with Crippen LogP contribution in [-0.4, -0.2) is 0 Å². The fourth-order valence-electron chi connectivity index (χ4n) is 3.89. The van der Waals surface area contributed by atoms with E-state index in [2.05, 4.69) is 64.1 Å². The van der Waals surface area contributed by atoms with E-state index < -0.39 is 0 Å². The summed E-state index contributed by atoms with van der Waals surface area (Å²) in [5, 5.41) is 11.4.